The Balaban J connectivity index is 1.16. The molecule has 2 aliphatic carbocycles. The van der Waals surface area contributed by atoms with Gasteiger partial charge in [0.1, 0.15) is 11.6 Å². The SMILES string of the molecule is FC(F)c1nc2ccccc2n1-c1cc(N[C@H]2C[C@@H]3C[C@H](N4CCOCC4)C[C@@H]3C2)nc(N2CCOCC2)n1. The van der Waals surface area contributed by atoms with Gasteiger partial charge in [-0.15, -0.1) is 0 Å². The molecule has 0 bridgehead atoms. The summed E-state index contributed by atoms with van der Waals surface area (Å²) >= 11 is 0. The molecule has 4 fully saturated rings. The normalized spacial score (nSPS) is 27.9. The number of hydrogen-bond acceptors (Lipinski definition) is 8. The van der Waals surface area contributed by atoms with Crippen LogP contribution in [0.1, 0.15) is 37.9 Å². The van der Waals surface area contributed by atoms with Crippen LogP contribution in [0, 0.1) is 11.8 Å². The van der Waals surface area contributed by atoms with Gasteiger partial charge in [-0.3, -0.25) is 9.47 Å². The molecular weight excluding hydrogens is 504 g/mol. The molecule has 0 unspecified atom stereocenters. The zero-order valence-corrected chi connectivity index (χ0v) is 22.0. The van der Waals surface area contributed by atoms with Crippen molar-refractivity contribution in [2.24, 2.45) is 11.8 Å². The van der Waals surface area contributed by atoms with Crippen LogP contribution in [0.4, 0.5) is 20.5 Å². The van der Waals surface area contributed by atoms with Crippen molar-refractivity contribution in [2.75, 3.05) is 62.8 Å². The quantitative estimate of drug-likeness (QED) is 0.506. The lowest BCUT2D eigenvalue weighted by Gasteiger charge is -2.33. The summed E-state index contributed by atoms with van der Waals surface area (Å²) in [7, 11) is 0. The first-order valence-electron chi connectivity index (χ1n) is 14.2. The number of imidazole rings is 1. The first kappa shape index (κ1) is 25.1. The zero-order chi connectivity index (χ0) is 26.3. The van der Waals surface area contributed by atoms with E-state index in [2.05, 4.69) is 20.1 Å². The molecule has 3 aromatic rings. The average molecular weight is 540 g/mol. The highest BCUT2D eigenvalue weighted by Gasteiger charge is 2.43. The van der Waals surface area contributed by atoms with Crippen molar-refractivity contribution in [1.82, 2.24) is 24.4 Å². The number of anilines is 2. The van der Waals surface area contributed by atoms with E-state index in [1.165, 1.54) is 17.4 Å². The standard InChI is InChI=1S/C28H35F2N7O2/c29-26(30)27-32-22-3-1-2-4-23(22)37(27)25-17-24(33-28(34-25)36-7-11-39-12-8-36)31-20-13-18-15-21(16-19(18)14-20)35-5-9-38-10-6-35/h1-4,17-21,26H,5-16H2,(H,31,33,34)/t18-,19+,20+,21+. The van der Waals surface area contributed by atoms with E-state index in [9.17, 15) is 8.78 Å². The summed E-state index contributed by atoms with van der Waals surface area (Å²) in [6.07, 6.45) is 1.97. The first-order chi connectivity index (χ1) is 19.1. The summed E-state index contributed by atoms with van der Waals surface area (Å²) in [4.78, 5) is 18.6. The number of alkyl halides is 2. The second kappa shape index (κ2) is 10.6. The van der Waals surface area contributed by atoms with E-state index in [0.29, 0.717) is 78.8 Å². The lowest BCUT2D eigenvalue weighted by Crippen LogP contribution is -2.42. The number of hydrogen-bond donors (Lipinski definition) is 1. The Bertz CT molecular complexity index is 1290. The number of aromatic nitrogens is 4. The van der Waals surface area contributed by atoms with Gasteiger partial charge < -0.3 is 19.7 Å². The number of fused-ring (bicyclic) bond motifs is 2. The molecule has 0 amide bonds. The molecule has 0 spiro atoms. The van der Waals surface area contributed by atoms with E-state index in [0.717, 1.165) is 39.1 Å². The van der Waals surface area contributed by atoms with Crippen LogP contribution in [0.5, 0.6) is 0 Å². The molecule has 39 heavy (non-hydrogen) atoms. The summed E-state index contributed by atoms with van der Waals surface area (Å²) in [5.41, 5.74) is 1.13. The molecule has 4 atom stereocenters. The van der Waals surface area contributed by atoms with Gasteiger partial charge in [0.15, 0.2) is 5.82 Å². The fourth-order valence-corrected chi connectivity index (χ4v) is 7.10. The largest absolute Gasteiger partial charge is 0.379 e. The van der Waals surface area contributed by atoms with Crippen LogP contribution in [-0.4, -0.2) is 89.1 Å². The Hall–Kier alpha value is -2.89. The van der Waals surface area contributed by atoms with Gasteiger partial charge in [-0.05, 0) is 49.7 Å². The predicted octanol–water partition coefficient (Wildman–Crippen LogP) is 3.89. The first-order valence-corrected chi connectivity index (χ1v) is 14.2. The Morgan fingerprint density at radius 2 is 1.54 bits per heavy atom. The van der Waals surface area contributed by atoms with E-state index in [4.69, 9.17) is 19.4 Å². The van der Waals surface area contributed by atoms with Crippen molar-refractivity contribution < 1.29 is 18.3 Å². The molecule has 4 heterocycles. The van der Waals surface area contributed by atoms with Crippen molar-refractivity contribution in [3.63, 3.8) is 0 Å². The number of morpholine rings is 2. The molecule has 2 aliphatic heterocycles. The van der Waals surface area contributed by atoms with Gasteiger partial charge in [0, 0.05) is 44.3 Å². The van der Waals surface area contributed by atoms with Crippen molar-refractivity contribution in [2.45, 2.75) is 44.2 Å². The maximum Gasteiger partial charge on any atom is 0.296 e. The molecule has 1 N–H and O–H groups in total. The fraction of sp³-hybridized carbons (Fsp3) is 0.607. The summed E-state index contributed by atoms with van der Waals surface area (Å²) < 4.78 is 40.9. The smallest absolute Gasteiger partial charge is 0.296 e. The molecule has 2 saturated heterocycles. The molecule has 2 aromatic heterocycles. The van der Waals surface area contributed by atoms with E-state index in [1.807, 2.05) is 12.1 Å². The van der Waals surface area contributed by atoms with Crippen LogP contribution in [0.3, 0.4) is 0 Å². The maximum atomic E-state index is 14.2. The predicted molar refractivity (Wildman–Crippen MR) is 144 cm³/mol. The van der Waals surface area contributed by atoms with Crippen molar-refractivity contribution in [1.29, 1.82) is 0 Å². The number of rotatable bonds is 6. The van der Waals surface area contributed by atoms with Gasteiger partial charge >= 0.3 is 0 Å². The molecule has 208 valence electrons. The molecule has 4 aliphatic rings. The Kier molecular flexibility index (Phi) is 6.82. The Morgan fingerprint density at radius 3 is 2.26 bits per heavy atom. The molecular formula is C28H35F2N7O2. The molecule has 1 aromatic carbocycles. The summed E-state index contributed by atoms with van der Waals surface area (Å²) in [5, 5.41) is 3.68. The molecule has 11 heteroatoms. The van der Waals surface area contributed by atoms with Crippen molar-refractivity contribution >= 4 is 22.8 Å². The van der Waals surface area contributed by atoms with Gasteiger partial charge in [0.05, 0.1) is 37.5 Å². The Labute approximate surface area is 226 Å². The van der Waals surface area contributed by atoms with Crippen LogP contribution >= 0.6 is 0 Å². The number of halogens is 2. The van der Waals surface area contributed by atoms with Crippen molar-refractivity contribution in [3.8, 4) is 5.82 Å². The van der Waals surface area contributed by atoms with Crippen LogP contribution in [0.25, 0.3) is 16.9 Å². The molecule has 0 radical (unpaired) electrons. The number of benzene rings is 1. The van der Waals surface area contributed by atoms with Gasteiger partial charge in [-0.1, -0.05) is 12.1 Å². The highest BCUT2D eigenvalue weighted by atomic mass is 19.3. The summed E-state index contributed by atoms with van der Waals surface area (Å²) in [6, 6.07) is 9.98. The number of nitrogens with zero attached hydrogens (tertiary/aromatic N) is 6. The highest BCUT2D eigenvalue weighted by molar-refractivity contribution is 5.78. The van der Waals surface area contributed by atoms with Crippen LogP contribution in [-0.2, 0) is 9.47 Å². The number of nitrogens with one attached hydrogen (secondary N) is 1. The molecule has 7 rings (SSSR count). The number of ether oxygens (including phenoxy) is 2. The third-order valence-electron chi connectivity index (χ3n) is 8.91. The summed E-state index contributed by atoms with van der Waals surface area (Å²) in [6.45, 7) is 6.27. The topological polar surface area (TPSA) is 80.6 Å². The average Bonchev–Trinajstić information content (AvgIpc) is 3.65. The molecule has 9 nitrogen and oxygen atoms in total. The third-order valence-corrected chi connectivity index (χ3v) is 8.91. The van der Waals surface area contributed by atoms with E-state index < -0.39 is 6.43 Å². The minimum absolute atomic E-state index is 0.306. The van der Waals surface area contributed by atoms with E-state index >= 15 is 0 Å². The number of para-hydroxylation sites is 2. The maximum absolute atomic E-state index is 14.2. The zero-order valence-electron chi connectivity index (χ0n) is 22.0. The second-order valence-electron chi connectivity index (χ2n) is 11.2. The van der Waals surface area contributed by atoms with Crippen LogP contribution in [0.15, 0.2) is 30.3 Å². The van der Waals surface area contributed by atoms with Crippen molar-refractivity contribution in [3.05, 3.63) is 36.2 Å². The monoisotopic (exact) mass is 539 g/mol. The third kappa shape index (κ3) is 4.96. The van der Waals surface area contributed by atoms with Gasteiger partial charge in [-0.2, -0.15) is 9.97 Å². The second-order valence-corrected chi connectivity index (χ2v) is 11.2. The van der Waals surface area contributed by atoms with Gasteiger partial charge in [0.2, 0.25) is 5.95 Å². The fourth-order valence-electron chi connectivity index (χ4n) is 7.10. The van der Waals surface area contributed by atoms with Gasteiger partial charge in [-0.25, -0.2) is 13.8 Å². The van der Waals surface area contributed by atoms with E-state index in [1.54, 1.807) is 18.2 Å². The van der Waals surface area contributed by atoms with E-state index in [-0.39, 0.29) is 5.82 Å². The van der Waals surface area contributed by atoms with Crippen LogP contribution < -0.4 is 10.2 Å². The molecule has 2 saturated carbocycles. The lowest BCUT2D eigenvalue weighted by atomic mass is 10.0. The van der Waals surface area contributed by atoms with Crippen LogP contribution in [0.2, 0.25) is 0 Å². The minimum atomic E-state index is -2.73. The Morgan fingerprint density at radius 1 is 0.846 bits per heavy atom. The summed E-state index contributed by atoms with van der Waals surface area (Å²) in [5.74, 6) is 2.72. The highest BCUT2D eigenvalue weighted by Crippen LogP contribution is 2.46. The lowest BCUT2D eigenvalue weighted by molar-refractivity contribution is 0.0162. The minimum Gasteiger partial charge on any atom is -0.379 e. The van der Waals surface area contributed by atoms with Gasteiger partial charge in [0.25, 0.3) is 6.43 Å².